The molecule has 2 aromatic rings. The second kappa shape index (κ2) is 10.1. The number of aryl methyl sites for hydroxylation is 2. The first-order valence-electron chi connectivity index (χ1n) is 12.8. The summed E-state index contributed by atoms with van der Waals surface area (Å²) in [6.07, 6.45) is 11.4. The minimum absolute atomic E-state index is 0.190. The van der Waals surface area contributed by atoms with Gasteiger partial charge in [0.25, 0.3) is 0 Å². The van der Waals surface area contributed by atoms with Crippen LogP contribution in [0.2, 0.25) is 0 Å². The van der Waals surface area contributed by atoms with Crippen molar-refractivity contribution in [1.82, 2.24) is 9.80 Å². The summed E-state index contributed by atoms with van der Waals surface area (Å²) in [6.45, 7) is 8.16. The molecule has 174 valence electrons. The van der Waals surface area contributed by atoms with E-state index >= 15 is 0 Å². The molecule has 0 atom stereocenters. The monoisotopic (exact) mass is 443 g/mol. The number of anilines is 1. The molecule has 2 saturated heterocycles. The van der Waals surface area contributed by atoms with E-state index < -0.39 is 0 Å². The Bertz CT molecular complexity index is 982. The highest BCUT2D eigenvalue weighted by Gasteiger charge is 2.30. The minimum atomic E-state index is 0.190. The van der Waals surface area contributed by atoms with Crippen molar-refractivity contribution >= 4 is 17.8 Å². The van der Waals surface area contributed by atoms with Gasteiger partial charge in [0.1, 0.15) is 0 Å². The smallest absolute Gasteiger partial charge is 0.324 e. The number of benzene rings is 2. The third kappa shape index (κ3) is 5.16. The van der Waals surface area contributed by atoms with Crippen LogP contribution in [0.5, 0.6) is 0 Å². The Kier molecular flexibility index (Phi) is 6.82. The summed E-state index contributed by atoms with van der Waals surface area (Å²) in [6, 6.07) is 15.7. The Morgan fingerprint density at radius 1 is 0.939 bits per heavy atom. The molecule has 33 heavy (non-hydrogen) atoms. The molecule has 0 spiro atoms. The molecule has 0 radical (unpaired) electrons. The number of carbonyl (C=O) groups excluding carboxylic acids is 1. The van der Waals surface area contributed by atoms with E-state index in [9.17, 15) is 4.79 Å². The molecular formula is C29H37N3O. The van der Waals surface area contributed by atoms with E-state index in [1.54, 1.807) is 0 Å². The van der Waals surface area contributed by atoms with E-state index in [0.717, 1.165) is 57.5 Å². The number of urea groups is 1. The summed E-state index contributed by atoms with van der Waals surface area (Å²) in [5, 5.41) is 0. The zero-order valence-electron chi connectivity index (χ0n) is 20.0. The number of fused-ring (bicyclic) bond motifs is 1. The van der Waals surface area contributed by atoms with Gasteiger partial charge in [-0.1, -0.05) is 48.0 Å². The minimum Gasteiger partial charge on any atom is -0.324 e. The summed E-state index contributed by atoms with van der Waals surface area (Å²) >= 11 is 0. The van der Waals surface area contributed by atoms with Crippen LogP contribution in [-0.2, 0) is 6.42 Å². The number of hydrogen-bond acceptors (Lipinski definition) is 2. The van der Waals surface area contributed by atoms with E-state index in [1.807, 2.05) is 4.90 Å². The van der Waals surface area contributed by atoms with Crippen LogP contribution in [0.25, 0.3) is 6.08 Å². The lowest BCUT2D eigenvalue weighted by Gasteiger charge is -2.38. The molecule has 0 aliphatic carbocycles. The van der Waals surface area contributed by atoms with Gasteiger partial charge in [-0.15, -0.1) is 0 Å². The second-order valence-electron chi connectivity index (χ2n) is 10.0. The Morgan fingerprint density at radius 3 is 2.45 bits per heavy atom. The summed E-state index contributed by atoms with van der Waals surface area (Å²) in [5.41, 5.74) is 6.40. The molecule has 2 aromatic carbocycles. The Morgan fingerprint density at radius 2 is 1.70 bits per heavy atom. The lowest BCUT2D eigenvalue weighted by molar-refractivity contribution is 0.187. The molecule has 4 nitrogen and oxygen atoms in total. The molecule has 5 rings (SSSR count). The van der Waals surface area contributed by atoms with E-state index in [4.69, 9.17) is 0 Å². The summed E-state index contributed by atoms with van der Waals surface area (Å²) in [7, 11) is 0. The van der Waals surface area contributed by atoms with Crippen molar-refractivity contribution in [2.24, 2.45) is 0 Å². The zero-order valence-corrected chi connectivity index (χ0v) is 20.0. The van der Waals surface area contributed by atoms with Crippen molar-refractivity contribution in [2.75, 3.05) is 44.2 Å². The molecule has 3 aliphatic rings. The van der Waals surface area contributed by atoms with E-state index in [2.05, 4.69) is 71.3 Å². The maximum absolute atomic E-state index is 13.4. The number of nitrogens with zero attached hydrogens (tertiary/aromatic N) is 3. The van der Waals surface area contributed by atoms with Gasteiger partial charge in [0.05, 0.1) is 0 Å². The number of hydrogen-bond donors (Lipinski definition) is 0. The van der Waals surface area contributed by atoms with Crippen LogP contribution in [0.1, 0.15) is 60.3 Å². The third-order valence-corrected chi connectivity index (χ3v) is 7.64. The lowest BCUT2D eigenvalue weighted by Crippen LogP contribution is -2.48. The van der Waals surface area contributed by atoms with Crippen molar-refractivity contribution in [1.29, 1.82) is 0 Å². The number of amides is 2. The second-order valence-corrected chi connectivity index (χ2v) is 10.0. The van der Waals surface area contributed by atoms with Crippen LogP contribution >= 0.6 is 0 Å². The van der Waals surface area contributed by atoms with Crippen LogP contribution in [0.3, 0.4) is 0 Å². The molecule has 0 N–H and O–H groups in total. The fourth-order valence-electron chi connectivity index (χ4n) is 5.64. The maximum atomic E-state index is 13.4. The summed E-state index contributed by atoms with van der Waals surface area (Å²) in [5.74, 6) is 0.568. The van der Waals surface area contributed by atoms with Crippen molar-refractivity contribution in [3.63, 3.8) is 0 Å². The maximum Gasteiger partial charge on any atom is 0.324 e. The molecule has 2 fully saturated rings. The Hall–Kier alpha value is -2.59. The van der Waals surface area contributed by atoms with Gasteiger partial charge in [-0.3, -0.25) is 9.80 Å². The van der Waals surface area contributed by atoms with Gasteiger partial charge in [0.2, 0.25) is 0 Å². The number of piperidine rings is 1. The first kappa shape index (κ1) is 22.2. The third-order valence-electron chi connectivity index (χ3n) is 7.64. The molecule has 0 bridgehead atoms. The molecule has 4 heteroatoms. The van der Waals surface area contributed by atoms with Gasteiger partial charge in [0, 0.05) is 31.9 Å². The summed E-state index contributed by atoms with van der Waals surface area (Å²) < 4.78 is 0. The van der Waals surface area contributed by atoms with Gasteiger partial charge in [-0.2, -0.15) is 0 Å². The van der Waals surface area contributed by atoms with Crippen molar-refractivity contribution in [3.8, 4) is 0 Å². The fourth-order valence-corrected chi connectivity index (χ4v) is 5.64. The molecule has 3 heterocycles. The van der Waals surface area contributed by atoms with Gasteiger partial charge < -0.3 is 4.90 Å². The van der Waals surface area contributed by atoms with Crippen LogP contribution in [0.4, 0.5) is 10.5 Å². The van der Waals surface area contributed by atoms with Crippen LogP contribution in [0.15, 0.2) is 48.5 Å². The predicted molar refractivity (Wildman–Crippen MR) is 137 cm³/mol. The number of rotatable bonds is 4. The standard InChI is InChI=1S/C29H37N3O/c1-23-8-11-25(12-9-23)26-14-20-31(21-15-26)29(33)32-19-5-7-27-22-24(10-13-28(27)32)6-4-18-30-16-2-3-17-30/h4,6,8-13,22,26H,2-3,5,7,14-21H2,1H3. The molecule has 2 amide bonds. The van der Waals surface area contributed by atoms with E-state index in [-0.39, 0.29) is 6.03 Å². The normalized spacial score (nSPS) is 19.9. The first-order valence-corrected chi connectivity index (χ1v) is 12.8. The van der Waals surface area contributed by atoms with Crippen molar-refractivity contribution < 1.29 is 4.79 Å². The van der Waals surface area contributed by atoms with Gasteiger partial charge in [0.15, 0.2) is 0 Å². The van der Waals surface area contributed by atoms with E-state index in [0.29, 0.717) is 5.92 Å². The van der Waals surface area contributed by atoms with Gasteiger partial charge >= 0.3 is 6.03 Å². The number of carbonyl (C=O) groups is 1. The Balaban J connectivity index is 1.21. The van der Waals surface area contributed by atoms with E-state index in [1.165, 1.54) is 48.2 Å². The molecule has 3 aliphatic heterocycles. The summed E-state index contributed by atoms with van der Waals surface area (Å²) in [4.78, 5) is 20.1. The zero-order chi connectivity index (χ0) is 22.6. The topological polar surface area (TPSA) is 26.8 Å². The largest absolute Gasteiger partial charge is 0.324 e. The Labute approximate surface area is 198 Å². The van der Waals surface area contributed by atoms with Gasteiger partial charge in [-0.05, 0) is 93.3 Å². The molecule has 0 saturated carbocycles. The highest BCUT2D eigenvalue weighted by molar-refractivity contribution is 5.93. The molecule has 0 unspecified atom stereocenters. The quantitative estimate of drug-likeness (QED) is 0.592. The highest BCUT2D eigenvalue weighted by atomic mass is 16.2. The molecule has 0 aromatic heterocycles. The SMILES string of the molecule is Cc1ccc(C2CCN(C(=O)N3CCCc4cc(C=CCN5CCCC5)ccc43)CC2)cc1. The first-order chi connectivity index (χ1) is 16.2. The average molecular weight is 444 g/mol. The van der Waals surface area contributed by atoms with Crippen molar-refractivity contribution in [3.05, 3.63) is 70.8 Å². The van der Waals surface area contributed by atoms with Gasteiger partial charge in [-0.25, -0.2) is 4.79 Å². The average Bonchev–Trinajstić information content (AvgIpc) is 3.37. The molecular weight excluding hydrogens is 406 g/mol. The number of likely N-dealkylation sites (tertiary alicyclic amines) is 2. The van der Waals surface area contributed by atoms with Crippen LogP contribution in [0, 0.1) is 6.92 Å². The van der Waals surface area contributed by atoms with Crippen LogP contribution in [-0.4, -0.2) is 55.1 Å². The van der Waals surface area contributed by atoms with Crippen LogP contribution < -0.4 is 4.90 Å². The lowest BCUT2D eigenvalue weighted by atomic mass is 9.89. The fraction of sp³-hybridized carbons (Fsp3) is 0.483. The highest BCUT2D eigenvalue weighted by Crippen LogP contribution is 2.32. The van der Waals surface area contributed by atoms with Crippen molar-refractivity contribution in [2.45, 2.75) is 51.4 Å². The predicted octanol–water partition coefficient (Wildman–Crippen LogP) is 5.86.